The summed E-state index contributed by atoms with van der Waals surface area (Å²) >= 11 is 1.47. The van der Waals surface area contributed by atoms with Crippen LogP contribution >= 0.6 is 11.9 Å². The van der Waals surface area contributed by atoms with Crippen molar-refractivity contribution in [2.75, 3.05) is 13.1 Å². The predicted octanol–water partition coefficient (Wildman–Crippen LogP) is 4.11. The molecule has 0 aromatic heterocycles. The van der Waals surface area contributed by atoms with Crippen LogP contribution in [-0.2, 0) is 6.54 Å². The van der Waals surface area contributed by atoms with Gasteiger partial charge in [0.05, 0.1) is 11.7 Å². The number of hydrogen-bond acceptors (Lipinski definition) is 5. The van der Waals surface area contributed by atoms with E-state index in [1.807, 2.05) is 6.07 Å². The molecule has 6 heteroatoms. The Morgan fingerprint density at radius 3 is 2.74 bits per heavy atom. The Labute approximate surface area is 163 Å². The Bertz CT molecular complexity index is 832. The summed E-state index contributed by atoms with van der Waals surface area (Å²) < 4.78 is 22.6. The lowest BCUT2D eigenvalue weighted by molar-refractivity contribution is 0.302. The highest BCUT2D eigenvalue weighted by atomic mass is 32.2. The van der Waals surface area contributed by atoms with Gasteiger partial charge < -0.3 is 4.74 Å². The maximum atomic E-state index is 13.4. The monoisotopic (exact) mass is 383 g/mol. The maximum absolute atomic E-state index is 13.4. The van der Waals surface area contributed by atoms with Crippen molar-refractivity contribution < 1.29 is 9.13 Å². The van der Waals surface area contributed by atoms with Gasteiger partial charge in [0, 0.05) is 30.6 Å². The topological polar surface area (TPSA) is 48.3 Å². The van der Waals surface area contributed by atoms with Gasteiger partial charge in [-0.05, 0) is 67.1 Å². The van der Waals surface area contributed by atoms with E-state index in [1.54, 1.807) is 12.1 Å². The van der Waals surface area contributed by atoms with Gasteiger partial charge in [0.15, 0.2) is 0 Å². The first-order valence-electron chi connectivity index (χ1n) is 9.29. The molecule has 1 aliphatic carbocycles. The number of rotatable bonds is 7. The third-order valence-corrected chi connectivity index (χ3v) is 5.77. The summed E-state index contributed by atoms with van der Waals surface area (Å²) in [5.41, 5.74) is 1.38. The van der Waals surface area contributed by atoms with Crippen molar-refractivity contribution in [2.24, 2.45) is 0 Å². The van der Waals surface area contributed by atoms with Crippen molar-refractivity contribution >= 4 is 11.9 Å². The van der Waals surface area contributed by atoms with Crippen LogP contribution in [0.4, 0.5) is 4.39 Å². The summed E-state index contributed by atoms with van der Waals surface area (Å²) in [4.78, 5) is 3.29. The van der Waals surface area contributed by atoms with Crippen LogP contribution in [0, 0.1) is 17.1 Å². The average Bonchev–Trinajstić information content (AvgIpc) is 3.39. The number of halogens is 1. The number of ether oxygens (including phenoxy) is 1. The SMILES string of the molecule is N#Cc1cc(SNC2CCN(Cc3ccc(OC4CC4)cc3)C2)ccc1F. The Morgan fingerprint density at radius 2 is 2.00 bits per heavy atom. The number of nitrogens with zero attached hydrogens (tertiary/aromatic N) is 2. The highest BCUT2D eigenvalue weighted by Gasteiger charge is 2.24. The number of nitriles is 1. The fourth-order valence-electron chi connectivity index (χ4n) is 3.19. The molecule has 1 saturated carbocycles. The van der Waals surface area contributed by atoms with E-state index in [2.05, 4.69) is 33.9 Å². The molecule has 1 heterocycles. The molecule has 2 fully saturated rings. The average molecular weight is 383 g/mol. The fourth-order valence-corrected chi connectivity index (χ4v) is 4.00. The van der Waals surface area contributed by atoms with Gasteiger partial charge in [-0.15, -0.1) is 0 Å². The molecule has 1 N–H and O–H groups in total. The van der Waals surface area contributed by atoms with Gasteiger partial charge >= 0.3 is 0 Å². The largest absolute Gasteiger partial charge is 0.490 e. The molecule has 1 aliphatic heterocycles. The summed E-state index contributed by atoms with van der Waals surface area (Å²) in [5, 5.41) is 8.93. The quantitative estimate of drug-likeness (QED) is 0.729. The first-order valence-corrected chi connectivity index (χ1v) is 10.1. The molecular formula is C21H22FN3OS. The van der Waals surface area contributed by atoms with Crippen LogP contribution < -0.4 is 9.46 Å². The fraction of sp³-hybridized carbons (Fsp3) is 0.381. The van der Waals surface area contributed by atoms with Crippen LogP contribution in [0.5, 0.6) is 5.75 Å². The van der Waals surface area contributed by atoms with Crippen molar-refractivity contribution in [2.45, 2.75) is 42.8 Å². The zero-order valence-electron chi connectivity index (χ0n) is 15.0. The van der Waals surface area contributed by atoms with Gasteiger partial charge in [-0.1, -0.05) is 12.1 Å². The Balaban J connectivity index is 1.24. The van der Waals surface area contributed by atoms with Crippen molar-refractivity contribution in [3.05, 3.63) is 59.4 Å². The summed E-state index contributed by atoms with van der Waals surface area (Å²) in [6, 6.07) is 15.3. The zero-order chi connectivity index (χ0) is 18.6. The highest BCUT2D eigenvalue weighted by Crippen LogP contribution is 2.27. The minimum absolute atomic E-state index is 0.0870. The lowest BCUT2D eigenvalue weighted by Gasteiger charge is -2.17. The summed E-state index contributed by atoms with van der Waals surface area (Å²) in [5.74, 6) is 0.497. The standard InChI is InChI=1S/C21H22FN3OS/c22-21-8-7-20(11-16(21)12-23)27-24-17-9-10-25(14-17)13-15-1-3-18(4-2-15)26-19-5-6-19/h1-4,7-8,11,17,19,24H,5-6,9-10,13-14H2. The smallest absolute Gasteiger partial charge is 0.141 e. The molecule has 0 radical (unpaired) electrons. The summed E-state index contributed by atoms with van der Waals surface area (Å²) in [6.07, 6.45) is 3.86. The molecule has 2 aliphatic rings. The number of nitrogens with one attached hydrogen (secondary N) is 1. The minimum atomic E-state index is -0.470. The van der Waals surface area contributed by atoms with Gasteiger partial charge in [0.1, 0.15) is 17.6 Å². The van der Waals surface area contributed by atoms with Crippen molar-refractivity contribution in [3.8, 4) is 11.8 Å². The van der Waals surface area contributed by atoms with Gasteiger partial charge in [-0.25, -0.2) is 4.39 Å². The molecule has 0 spiro atoms. The van der Waals surface area contributed by atoms with Gasteiger partial charge in [0.2, 0.25) is 0 Å². The van der Waals surface area contributed by atoms with Gasteiger partial charge in [-0.2, -0.15) is 5.26 Å². The Kier molecular flexibility index (Phi) is 5.63. The summed E-state index contributed by atoms with van der Waals surface area (Å²) in [6.45, 7) is 2.95. The van der Waals surface area contributed by atoms with Crippen molar-refractivity contribution in [1.82, 2.24) is 9.62 Å². The molecule has 1 unspecified atom stereocenters. The molecule has 4 rings (SSSR count). The van der Waals surface area contributed by atoms with Gasteiger partial charge in [-0.3, -0.25) is 9.62 Å². The number of hydrogen-bond donors (Lipinski definition) is 1. The first-order chi connectivity index (χ1) is 13.2. The molecule has 27 heavy (non-hydrogen) atoms. The van der Waals surface area contributed by atoms with Crippen LogP contribution in [0.25, 0.3) is 0 Å². The first kappa shape index (κ1) is 18.3. The molecule has 2 aromatic rings. The second-order valence-corrected chi connectivity index (χ2v) is 8.07. The molecule has 2 aromatic carbocycles. The van der Waals surface area contributed by atoms with E-state index < -0.39 is 5.82 Å². The Morgan fingerprint density at radius 1 is 1.19 bits per heavy atom. The number of benzene rings is 2. The number of likely N-dealkylation sites (tertiary alicyclic amines) is 1. The molecule has 4 nitrogen and oxygen atoms in total. The van der Waals surface area contributed by atoms with E-state index >= 15 is 0 Å². The Hall–Kier alpha value is -2.07. The van der Waals surface area contributed by atoms with E-state index in [9.17, 15) is 4.39 Å². The molecule has 0 bridgehead atoms. The van der Waals surface area contributed by atoms with E-state index in [0.29, 0.717) is 12.1 Å². The second kappa shape index (κ2) is 8.30. The van der Waals surface area contributed by atoms with Crippen molar-refractivity contribution in [3.63, 3.8) is 0 Å². The van der Waals surface area contributed by atoms with E-state index in [1.165, 1.54) is 36.4 Å². The predicted molar refractivity (Wildman–Crippen MR) is 104 cm³/mol. The lowest BCUT2D eigenvalue weighted by atomic mass is 10.2. The van der Waals surface area contributed by atoms with E-state index in [4.69, 9.17) is 10.00 Å². The van der Waals surface area contributed by atoms with Crippen LogP contribution in [0.3, 0.4) is 0 Å². The highest BCUT2D eigenvalue weighted by molar-refractivity contribution is 7.97. The molecular weight excluding hydrogens is 361 g/mol. The van der Waals surface area contributed by atoms with Gasteiger partial charge in [0.25, 0.3) is 0 Å². The summed E-state index contributed by atoms with van der Waals surface area (Å²) in [7, 11) is 0. The maximum Gasteiger partial charge on any atom is 0.141 e. The van der Waals surface area contributed by atoms with Crippen LogP contribution in [0.1, 0.15) is 30.4 Å². The molecule has 1 atom stereocenters. The van der Waals surface area contributed by atoms with Crippen molar-refractivity contribution in [1.29, 1.82) is 5.26 Å². The lowest BCUT2D eigenvalue weighted by Crippen LogP contribution is -2.28. The molecule has 0 amide bonds. The van der Waals surface area contributed by atoms with Crippen LogP contribution in [0.15, 0.2) is 47.4 Å². The van der Waals surface area contributed by atoms with E-state index in [0.717, 1.165) is 36.7 Å². The molecule has 1 saturated heterocycles. The minimum Gasteiger partial charge on any atom is -0.490 e. The second-order valence-electron chi connectivity index (χ2n) is 7.16. The zero-order valence-corrected chi connectivity index (χ0v) is 15.8. The third-order valence-electron chi connectivity index (χ3n) is 4.83. The molecule has 140 valence electrons. The third kappa shape index (κ3) is 5.01. The normalized spacial score (nSPS) is 19.8. The van der Waals surface area contributed by atoms with Crippen LogP contribution in [0.2, 0.25) is 0 Å². The van der Waals surface area contributed by atoms with E-state index in [-0.39, 0.29) is 5.56 Å². The van der Waals surface area contributed by atoms with Crippen LogP contribution in [-0.4, -0.2) is 30.1 Å².